The van der Waals surface area contributed by atoms with Crippen molar-refractivity contribution in [3.05, 3.63) is 0 Å². The molecule has 0 heterocycles. The topological polar surface area (TPSA) is 59.0 Å². The summed E-state index contributed by atoms with van der Waals surface area (Å²) in [6.45, 7) is 12.5. The van der Waals surface area contributed by atoms with Crippen LogP contribution in [0.5, 0.6) is 0 Å². The number of nitrogens with zero attached hydrogens (tertiary/aromatic N) is 1. The smallest absolute Gasteiger partial charge is 0.310 e. The Hall–Kier alpha value is -0.650. The normalized spacial score (nSPS) is 12.1. The van der Waals surface area contributed by atoms with Crippen LogP contribution in [0.15, 0.2) is 0 Å². The molecule has 5 nitrogen and oxygen atoms in total. The molecule has 0 amide bonds. The summed E-state index contributed by atoms with van der Waals surface area (Å²) in [6.07, 6.45) is 1.28. The van der Waals surface area contributed by atoms with Gasteiger partial charge in [0.05, 0.1) is 18.6 Å². The molecule has 0 aromatic heterocycles. The molecule has 0 radical (unpaired) electrons. The molecule has 0 rings (SSSR count). The van der Waals surface area contributed by atoms with Gasteiger partial charge in [0, 0.05) is 32.8 Å². The van der Waals surface area contributed by atoms with Crippen LogP contribution in [0.1, 0.15) is 40.5 Å². The van der Waals surface area contributed by atoms with Gasteiger partial charge in [-0.2, -0.15) is 0 Å². The summed E-state index contributed by atoms with van der Waals surface area (Å²) in [7, 11) is 0. The largest absolute Gasteiger partial charge is 0.481 e. The average Bonchev–Trinajstić information content (AvgIpc) is 2.44. The van der Waals surface area contributed by atoms with Crippen LogP contribution in [0.25, 0.3) is 0 Å². The minimum Gasteiger partial charge on any atom is -0.481 e. The van der Waals surface area contributed by atoms with E-state index in [2.05, 4.69) is 4.90 Å². The van der Waals surface area contributed by atoms with Crippen molar-refractivity contribution in [1.82, 2.24) is 4.90 Å². The first-order valence-corrected chi connectivity index (χ1v) is 7.67. The van der Waals surface area contributed by atoms with Gasteiger partial charge in [0.15, 0.2) is 0 Å². The number of hydrogen-bond donors (Lipinski definition) is 1. The zero-order valence-corrected chi connectivity index (χ0v) is 13.5. The first-order valence-electron chi connectivity index (χ1n) is 7.67. The molecule has 0 fully saturated rings. The van der Waals surface area contributed by atoms with Crippen molar-refractivity contribution < 1.29 is 19.4 Å². The summed E-state index contributed by atoms with van der Waals surface area (Å²) in [5, 5.41) is 9.53. The standard InChI is InChI=1S/C15H31NO4/c1-5-15(6-2,14(17)18)13-16(9-11-19-7-3)10-12-20-8-4/h5-13H2,1-4H3,(H,17,18). The molecular formula is C15H31NO4. The molecule has 0 atom stereocenters. The quantitative estimate of drug-likeness (QED) is 0.527. The van der Waals surface area contributed by atoms with Crippen molar-refractivity contribution in [2.45, 2.75) is 40.5 Å². The number of ether oxygens (including phenoxy) is 2. The Balaban J connectivity index is 4.59. The molecule has 0 unspecified atom stereocenters. The van der Waals surface area contributed by atoms with Crippen molar-refractivity contribution in [3.63, 3.8) is 0 Å². The molecule has 0 aliphatic rings. The van der Waals surface area contributed by atoms with E-state index in [9.17, 15) is 9.90 Å². The first kappa shape index (κ1) is 19.4. The predicted octanol–water partition coefficient (Wildman–Crippen LogP) is 2.25. The van der Waals surface area contributed by atoms with E-state index in [4.69, 9.17) is 9.47 Å². The van der Waals surface area contributed by atoms with Crippen LogP contribution < -0.4 is 0 Å². The highest BCUT2D eigenvalue weighted by Gasteiger charge is 2.36. The molecule has 0 aromatic carbocycles. The number of hydrogen-bond acceptors (Lipinski definition) is 4. The Morgan fingerprint density at radius 1 is 1.00 bits per heavy atom. The second-order valence-corrected chi connectivity index (χ2v) is 4.96. The molecule has 120 valence electrons. The van der Waals surface area contributed by atoms with E-state index in [1.807, 2.05) is 27.7 Å². The molecular weight excluding hydrogens is 258 g/mol. The fourth-order valence-corrected chi connectivity index (χ4v) is 2.22. The highest BCUT2D eigenvalue weighted by atomic mass is 16.5. The van der Waals surface area contributed by atoms with Gasteiger partial charge < -0.3 is 14.6 Å². The summed E-state index contributed by atoms with van der Waals surface area (Å²) < 4.78 is 10.8. The second-order valence-electron chi connectivity index (χ2n) is 4.96. The fourth-order valence-electron chi connectivity index (χ4n) is 2.22. The van der Waals surface area contributed by atoms with E-state index in [0.717, 1.165) is 13.1 Å². The van der Waals surface area contributed by atoms with Crippen molar-refractivity contribution in [3.8, 4) is 0 Å². The van der Waals surface area contributed by atoms with Crippen LogP contribution >= 0.6 is 0 Å². The van der Waals surface area contributed by atoms with Crippen molar-refractivity contribution >= 4 is 5.97 Å². The lowest BCUT2D eigenvalue weighted by atomic mass is 9.82. The average molecular weight is 289 g/mol. The van der Waals surface area contributed by atoms with Gasteiger partial charge in [0.25, 0.3) is 0 Å². The Bertz CT molecular complexity index is 244. The maximum absolute atomic E-state index is 11.6. The van der Waals surface area contributed by atoms with E-state index >= 15 is 0 Å². The fraction of sp³-hybridized carbons (Fsp3) is 0.933. The van der Waals surface area contributed by atoms with Gasteiger partial charge in [-0.3, -0.25) is 9.69 Å². The highest BCUT2D eigenvalue weighted by Crippen LogP contribution is 2.28. The van der Waals surface area contributed by atoms with Gasteiger partial charge in [0.2, 0.25) is 0 Å². The maximum Gasteiger partial charge on any atom is 0.310 e. The summed E-state index contributed by atoms with van der Waals surface area (Å²) in [6, 6.07) is 0. The van der Waals surface area contributed by atoms with Gasteiger partial charge in [-0.15, -0.1) is 0 Å². The Kier molecular flexibility index (Phi) is 10.7. The van der Waals surface area contributed by atoms with Crippen LogP contribution in [0.3, 0.4) is 0 Å². The molecule has 0 bridgehead atoms. The van der Waals surface area contributed by atoms with E-state index in [1.54, 1.807) is 0 Å². The summed E-state index contributed by atoms with van der Waals surface area (Å²) in [5.74, 6) is -0.708. The van der Waals surface area contributed by atoms with E-state index < -0.39 is 11.4 Å². The third-order valence-corrected chi connectivity index (χ3v) is 3.85. The number of carboxylic acid groups (broad SMARTS) is 1. The van der Waals surface area contributed by atoms with Gasteiger partial charge in [-0.25, -0.2) is 0 Å². The first-order chi connectivity index (χ1) is 9.56. The lowest BCUT2D eigenvalue weighted by Crippen LogP contribution is -2.44. The Morgan fingerprint density at radius 3 is 1.75 bits per heavy atom. The maximum atomic E-state index is 11.6. The Labute approximate surface area is 123 Å². The summed E-state index contributed by atoms with van der Waals surface area (Å²) in [5.41, 5.74) is -0.668. The molecule has 0 spiro atoms. The number of aliphatic carboxylic acids is 1. The van der Waals surface area contributed by atoms with Crippen LogP contribution in [-0.4, -0.2) is 62.0 Å². The van der Waals surface area contributed by atoms with Crippen molar-refractivity contribution in [1.29, 1.82) is 0 Å². The summed E-state index contributed by atoms with van der Waals surface area (Å²) in [4.78, 5) is 13.7. The molecule has 20 heavy (non-hydrogen) atoms. The molecule has 1 N–H and O–H groups in total. The summed E-state index contributed by atoms with van der Waals surface area (Å²) >= 11 is 0. The van der Waals surface area contributed by atoms with Gasteiger partial charge >= 0.3 is 5.97 Å². The van der Waals surface area contributed by atoms with Crippen LogP contribution in [0, 0.1) is 5.41 Å². The molecule has 0 saturated carbocycles. The lowest BCUT2D eigenvalue weighted by molar-refractivity contribution is -0.151. The van der Waals surface area contributed by atoms with Gasteiger partial charge in [0.1, 0.15) is 0 Å². The zero-order valence-electron chi connectivity index (χ0n) is 13.5. The van der Waals surface area contributed by atoms with Crippen LogP contribution in [0.2, 0.25) is 0 Å². The molecule has 0 aromatic rings. The van der Waals surface area contributed by atoms with Crippen LogP contribution in [0.4, 0.5) is 0 Å². The van der Waals surface area contributed by atoms with Gasteiger partial charge in [-0.05, 0) is 26.7 Å². The minimum absolute atomic E-state index is 0.551. The van der Waals surface area contributed by atoms with Gasteiger partial charge in [-0.1, -0.05) is 13.8 Å². The number of rotatable bonds is 13. The van der Waals surface area contributed by atoms with E-state index in [0.29, 0.717) is 45.8 Å². The zero-order chi connectivity index (χ0) is 15.4. The third kappa shape index (κ3) is 6.68. The monoisotopic (exact) mass is 289 g/mol. The Morgan fingerprint density at radius 2 is 1.45 bits per heavy atom. The molecule has 0 aliphatic heterocycles. The third-order valence-electron chi connectivity index (χ3n) is 3.85. The molecule has 0 aliphatic carbocycles. The molecule has 5 heteroatoms. The SMILES string of the molecule is CCOCCN(CCOCC)CC(CC)(CC)C(=O)O. The van der Waals surface area contributed by atoms with E-state index in [1.165, 1.54) is 0 Å². The number of carbonyl (C=O) groups is 1. The van der Waals surface area contributed by atoms with Crippen LogP contribution in [-0.2, 0) is 14.3 Å². The van der Waals surface area contributed by atoms with Crippen molar-refractivity contribution in [2.75, 3.05) is 46.1 Å². The molecule has 0 saturated heterocycles. The second kappa shape index (κ2) is 11.1. The lowest BCUT2D eigenvalue weighted by Gasteiger charge is -2.33. The van der Waals surface area contributed by atoms with E-state index in [-0.39, 0.29) is 0 Å². The highest BCUT2D eigenvalue weighted by molar-refractivity contribution is 5.74. The predicted molar refractivity (Wildman–Crippen MR) is 80.1 cm³/mol. The number of carboxylic acids is 1. The minimum atomic E-state index is -0.708. The van der Waals surface area contributed by atoms with Crippen molar-refractivity contribution in [2.24, 2.45) is 5.41 Å².